The molecule has 0 heterocycles. The van der Waals surface area contributed by atoms with Gasteiger partial charge in [-0.05, 0) is 24.3 Å². The van der Waals surface area contributed by atoms with E-state index in [1.165, 1.54) is 12.1 Å². The lowest BCUT2D eigenvalue weighted by atomic mass is 10.3. The molecule has 7 heteroatoms. The highest BCUT2D eigenvalue weighted by Crippen LogP contribution is 2.41. The van der Waals surface area contributed by atoms with Crippen LogP contribution < -0.4 is 14.3 Å². The van der Waals surface area contributed by atoms with E-state index in [0.717, 1.165) is 0 Å². The van der Waals surface area contributed by atoms with Gasteiger partial charge in [0.05, 0.1) is 0 Å². The highest BCUT2D eigenvalue weighted by Gasteiger charge is 2.19. The molecule has 0 spiro atoms. The Morgan fingerprint density at radius 2 is 1.37 bits per heavy atom. The maximum atomic E-state index is 10.8. The van der Waals surface area contributed by atoms with Gasteiger partial charge in [0, 0.05) is 0 Å². The lowest BCUT2D eigenvalue weighted by Gasteiger charge is -2.11. The summed E-state index contributed by atoms with van der Waals surface area (Å²) in [5.41, 5.74) is 0. The van der Waals surface area contributed by atoms with Gasteiger partial charge in [-0.2, -0.15) is 0 Å². The summed E-state index contributed by atoms with van der Waals surface area (Å²) in [7, 11) is -4.65. The Labute approximate surface area is 109 Å². The summed E-state index contributed by atoms with van der Waals surface area (Å²) in [4.78, 5) is 27.6. The molecule has 19 heavy (non-hydrogen) atoms. The molecule has 0 saturated heterocycles. The first-order chi connectivity index (χ1) is 9.04. The third-order valence-electron chi connectivity index (χ3n) is 2.04. The Balaban J connectivity index is 2.10. The van der Waals surface area contributed by atoms with E-state index in [1.54, 1.807) is 36.4 Å². The zero-order valence-corrected chi connectivity index (χ0v) is 10.6. The topological polar surface area (TPSA) is 85.2 Å². The van der Waals surface area contributed by atoms with E-state index in [4.69, 9.17) is 19.6 Å². The van der Waals surface area contributed by atoms with Crippen molar-refractivity contribution in [2.45, 2.75) is 0 Å². The van der Waals surface area contributed by atoms with E-state index < -0.39 is 7.82 Å². The van der Waals surface area contributed by atoms with Crippen LogP contribution in [0.1, 0.15) is 0 Å². The molecule has 0 amide bonds. The lowest BCUT2D eigenvalue weighted by Crippen LogP contribution is -2.02. The molecule has 6 nitrogen and oxygen atoms in total. The van der Waals surface area contributed by atoms with Crippen molar-refractivity contribution >= 4 is 7.82 Å². The van der Waals surface area contributed by atoms with Gasteiger partial charge in [0.2, 0.25) is 5.75 Å². The average Bonchev–Trinajstić information content (AvgIpc) is 2.37. The summed E-state index contributed by atoms with van der Waals surface area (Å²) in [5.74, 6) is 0.412. The van der Waals surface area contributed by atoms with Gasteiger partial charge in [0.15, 0.2) is 11.5 Å². The van der Waals surface area contributed by atoms with Crippen molar-refractivity contribution < 1.29 is 28.7 Å². The molecule has 0 aliphatic rings. The Bertz CT molecular complexity index is 580. The van der Waals surface area contributed by atoms with Crippen molar-refractivity contribution in [3.63, 3.8) is 0 Å². The maximum Gasteiger partial charge on any atom is 0.524 e. The molecule has 0 aliphatic carbocycles. The summed E-state index contributed by atoms with van der Waals surface area (Å²) in [6, 6.07) is 14.7. The van der Waals surface area contributed by atoms with Gasteiger partial charge < -0.3 is 4.52 Å². The maximum absolute atomic E-state index is 10.8. The minimum Gasteiger partial charge on any atom is -0.400 e. The quantitative estimate of drug-likeness (QED) is 0.498. The molecule has 2 aromatic carbocycles. The fourth-order valence-corrected chi connectivity index (χ4v) is 1.70. The van der Waals surface area contributed by atoms with Gasteiger partial charge in [0.25, 0.3) is 0 Å². The first-order valence-corrected chi connectivity index (χ1v) is 6.81. The first kappa shape index (κ1) is 13.4. The van der Waals surface area contributed by atoms with Crippen LogP contribution in [0, 0.1) is 0 Å². The van der Waals surface area contributed by atoms with Crippen LogP contribution in [0.3, 0.4) is 0 Å². The van der Waals surface area contributed by atoms with Crippen molar-refractivity contribution in [2.75, 3.05) is 0 Å². The van der Waals surface area contributed by atoms with Crippen molar-refractivity contribution in [3.8, 4) is 17.2 Å². The number of hydrogen-bond donors (Lipinski definition) is 2. The normalized spacial score (nSPS) is 10.8. The van der Waals surface area contributed by atoms with Gasteiger partial charge in [-0.25, -0.2) is 4.57 Å². The molecule has 2 aromatic rings. The largest absolute Gasteiger partial charge is 0.524 e. The minimum absolute atomic E-state index is 0.0645. The van der Waals surface area contributed by atoms with Crippen LogP contribution in [0.15, 0.2) is 54.6 Å². The third-order valence-corrected chi connectivity index (χ3v) is 2.47. The second-order valence-electron chi connectivity index (χ2n) is 3.51. The fourth-order valence-electron chi connectivity index (χ4n) is 1.29. The number of rotatable bonds is 5. The number of benzene rings is 2. The van der Waals surface area contributed by atoms with Gasteiger partial charge in [-0.3, -0.25) is 19.6 Å². The molecule has 0 saturated carbocycles. The molecule has 0 atom stereocenters. The third kappa shape index (κ3) is 4.30. The average molecular weight is 282 g/mol. The fraction of sp³-hybridized carbons (Fsp3) is 0. The summed E-state index contributed by atoms with van der Waals surface area (Å²) < 4.78 is 15.3. The smallest absolute Gasteiger partial charge is 0.400 e. The van der Waals surface area contributed by atoms with Crippen LogP contribution in [0.4, 0.5) is 0 Å². The van der Waals surface area contributed by atoms with Crippen LogP contribution in [0.25, 0.3) is 0 Å². The number of para-hydroxylation sites is 3. The van der Waals surface area contributed by atoms with Gasteiger partial charge in [-0.1, -0.05) is 30.3 Å². The van der Waals surface area contributed by atoms with E-state index in [2.05, 4.69) is 4.52 Å². The molecular weight excluding hydrogens is 271 g/mol. The summed E-state index contributed by atoms with van der Waals surface area (Å²) in [5, 5.41) is 0. The Kier molecular flexibility index (Phi) is 4.06. The Hall–Kier alpha value is -2.01. The van der Waals surface area contributed by atoms with Gasteiger partial charge >= 0.3 is 7.82 Å². The second-order valence-corrected chi connectivity index (χ2v) is 4.67. The molecule has 100 valence electrons. The molecule has 0 aliphatic heterocycles. The van der Waals surface area contributed by atoms with E-state index in [-0.39, 0.29) is 11.5 Å². The zero-order chi connectivity index (χ0) is 13.7. The van der Waals surface area contributed by atoms with Gasteiger partial charge in [0.1, 0.15) is 0 Å². The van der Waals surface area contributed by atoms with Crippen LogP contribution >= 0.6 is 7.82 Å². The molecular formula is C12H11O6P. The van der Waals surface area contributed by atoms with Crippen LogP contribution in [0.5, 0.6) is 17.2 Å². The van der Waals surface area contributed by atoms with E-state index >= 15 is 0 Å². The van der Waals surface area contributed by atoms with Crippen LogP contribution in [-0.2, 0) is 4.57 Å². The first-order valence-electron chi connectivity index (χ1n) is 5.28. The van der Waals surface area contributed by atoms with E-state index in [0.29, 0.717) is 5.75 Å². The Morgan fingerprint density at radius 1 is 0.789 bits per heavy atom. The highest BCUT2D eigenvalue weighted by atomic mass is 31.2. The molecule has 0 bridgehead atoms. The van der Waals surface area contributed by atoms with Crippen molar-refractivity contribution in [3.05, 3.63) is 54.6 Å². The van der Waals surface area contributed by atoms with Crippen LogP contribution in [-0.4, -0.2) is 9.79 Å². The monoisotopic (exact) mass is 282 g/mol. The highest BCUT2D eigenvalue weighted by molar-refractivity contribution is 7.46. The van der Waals surface area contributed by atoms with Crippen molar-refractivity contribution in [2.24, 2.45) is 0 Å². The number of hydrogen-bond acceptors (Lipinski definition) is 4. The van der Waals surface area contributed by atoms with Crippen LogP contribution in [0.2, 0.25) is 0 Å². The molecule has 0 aromatic heterocycles. The predicted molar refractivity (Wildman–Crippen MR) is 66.8 cm³/mol. The molecule has 0 fully saturated rings. The van der Waals surface area contributed by atoms with Crippen molar-refractivity contribution in [1.29, 1.82) is 0 Å². The lowest BCUT2D eigenvalue weighted by molar-refractivity contribution is -0.101. The predicted octanol–water partition coefficient (Wildman–Crippen LogP) is 2.53. The number of phosphoric ester groups is 1. The standard InChI is InChI=1S/C12H11O6P/c13-19(14,15)18-12-9-5-4-8-11(12)17-16-10-6-2-1-3-7-10/h1-9H,(H2,13,14,15). The molecule has 0 unspecified atom stereocenters. The number of phosphoric acid groups is 1. The molecule has 0 radical (unpaired) electrons. The SMILES string of the molecule is O=P(O)(O)Oc1ccccc1OOc1ccccc1. The Morgan fingerprint density at radius 3 is 2.00 bits per heavy atom. The van der Waals surface area contributed by atoms with Crippen molar-refractivity contribution in [1.82, 2.24) is 0 Å². The minimum atomic E-state index is -4.65. The summed E-state index contributed by atoms with van der Waals surface area (Å²) in [6.45, 7) is 0. The van der Waals surface area contributed by atoms with E-state index in [1.807, 2.05) is 6.07 Å². The molecule has 2 N–H and O–H groups in total. The van der Waals surface area contributed by atoms with E-state index in [9.17, 15) is 4.57 Å². The molecule has 2 rings (SSSR count). The summed E-state index contributed by atoms with van der Waals surface area (Å²) in [6.07, 6.45) is 0. The van der Waals surface area contributed by atoms with Gasteiger partial charge in [-0.15, -0.1) is 0 Å². The summed E-state index contributed by atoms with van der Waals surface area (Å²) >= 11 is 0. The zero-order valence-electron chi connectivity index (χ0n) is 9.67. The second kappa shape index (κ2) is 5.75.